The fourth-order valence-electron chi connectivity index (χ4n) is 7.84. The van der Waals surface area contributed by atoms with Crippen LogP contribution >= 0.6 is 0 Å². The highest BCUT2D eigenvalue weighted by Gasteiger charge is 2.45. The van der Waals surface area contributed by atoms with Gasteiger partial charge in [-0.3, -0.25) is 9.88 Å². The Bertz CT molecular complexity index is 1680. The summed E-state index contributed by atoms with van der Waals surface area (Å²) in [5.41, 5.74) is 0.448. The van der Waals surface area contributed by atoms with Crippen molar-refractivity contribution in [1.29, 1.82) is 0 Å². The molecule has 2 atom stereocenters. The van der Waals surface area contributed by atoms with Gasteiger partial charge >= 0.3 is 12.6 Å². The molecule has 0 spiro atoms. The van der Waals surface area contributed by atoms with Gasteiger partial charge < -0.3 is 19.7 Å². The molecule has 8 nitrogen and oxygen atoms in total. The molecule has 2 bridgehead atoms. The SMILES string of the molecule is Fc1c(-c2cccc3cccc(OC(F)F)c23)ncc2c(N3CC4CCC(C3)N4)nc(OCC34CCCN3CCC4)nc12. The molecule has 0 saturated carbocycles. The fourth-order valence-corrected chi connectivity index (χ4v) is 7.84. The number of rotatable bonds is 7. The van der Waals surface area contributed by atoms with E-state index in [2.05, 4.69) is 25.1 Å². The Morgan fingerprint density at radius 1 is 1.00 bits per heavy atom. The van der Waals surface area contributed by atoms with Gasteiger partial charge in [-0.15, -0.1) is 0 Å². The van der Waals surface area contributed by atoms with Crippen LogP contribution in [-0.2, 0) is 0 Å². The first-order valence-corrected chi connectivity index (χ1v) is 15.2. The highest BCUT2D eigenvalue weighted by Crippen LogP contribution is 2.41. The van der Waals surface area contributed by atoms with Crippen LogP contribution in [0.4, 0.5) is 19.0 Å². The Morgan fingerprint density at radius 2 is 1.74 bits per heavy atom. The minimum absolute atomic E-state index is 0.00995. The Kier molecular flexibility index (Phi) is 6.56. The Morgan fingerprint density at radius 3 is 2.49 bits per heavy atom. The number of pyridine rings is 1. The van der Waals surface area contributed by atoms with Gasteiger partial charge in [0, 0.05) is 42.3 Å². The van der Waals surface area contributed by atoms with Crippen LogP contribution in [-0.4, -0.2) is 76.9 Å². The average molecular weight is 591 g/mol. The number of hydrogen-bond acceptors (Lipinski definition) is 8. The zero-order valence-electron chi connectivity index (χ0n) is 23.7. The predicted octanol–water partition coefficient (Wildman–Crippen LogP) is 5.53. The summed E-state index contributed by atoms with van der Waals surface area (Å²) >= 11 is 0. The normalized spacial score (nSPS) is 23.0. The van der Waals surface area contributed by atoms with Gasteiger partial charge in [-0.2, -0.15) is 18.7 Å². The van der Waals surface area contributed by atoms with Gasteiger partial charge in [-0.1, -0.05) is 30.3 Å². The lowest BCUT2D eigenvalue weighted by atomic mass is 9.95. The van der Waals surface area contributed by atoms with Gasteiger partial charge in [0.05, 0.1) is 10.9 Å². The molecule has 4 aliphatic rings. The minimum atomic E-state index is -3.02. The molecular formula is C32H33F3N6O2. The number of piperazine rings is 1. The van der Waals surface area contributed by atoms with Gasteiger partial charge in [0.1, 0.15) is 29.4 Å². The summed E-state index contributed by atoms with van der Waals surface area (Å²) in [5.74, 6) is -0.0711. The molecule has 0 radical (unpaired) electrons. The molecule has 2 unspecified atom stereocenters. The first-order valence-electron chi connectivity index (χ1n) is 15.2. The van der Waals surface area contributed by atoms with Crippen LogP contribution in [0, 0.1) is 5.82 Å². The van der Waals surface area contributed by atoms with E-state index in [1.54, 1.807) is 36.5 Å². The van der Waals surface area contributed by atoms with Crippen molar-refractivity contribution in [3.8, 4) is 23.0 Å². The molecule has 11 heteroatoms. The second-order valence-electron chi connectivity index (χ2n) is 12.3. The fraction of sp³-hybridized carbons (Fsp3) is 0.469. The second kappa shape index (κ2) is 10.5. The monoisotopic (exact) mass is 590 g/mol. The molecule has 224 valence electrons. The van der Waals surface area contributed by atoms with Gasteiger partial charge in [0.15, 0.2) is 5.82 Å². The van der Waals surface area contributed by atoms with E-state index in [0.717, 1.165) is 64.7 Å². The van der Waals surface area contributed by atoms with E-state index in [0.29, 0.717) is 46.2 Å². The number of alkyl halides is 2. The van der Waals surface area contributed by atoms with Crippen molar-refractivity contribution in [2.75, 3.05) is 37.7 Å². The molecular weight excluding hydrogens is 557 g/mol. The van der Waals surface area contributed by atoms with Crippen LogP contribution in [0.2, 0.25) is 0 Å². The van der Waals surface area contributed by atoms with Gasteiger partial charge in [-0.25, -0.2) is 4.39 Å². The molecule has 0 amide bonds. The minimum Gasteiger partial charge on any atom is -0.461 e. The molecule has 4 aromatic rings. The maximum atomic E-state index is 16.7. The lowest BCUT2D eigenvalue weighted by Crippen LogP contribution is -2.51. The van der Waals surface area contributed by atoms with Crippen LogP contribution in [0.3, 0.4) is 0 Å². The number of aromatic nitrogens is 3. The molecule has 2 aromatic heterocycles. The van der Waals surface area contributed by atoms with Crippen molar-refractivity contribution in [2.45, 2.75) is 62.8 Å². The number of anilines is 1. The van der Waals surface area contributed by atoms with Crippen molar-refractivity contribution < 1.29 is 22.6 Å². The standard InChI is InChI=1S/C32H33F3N6O2/c33-26-27(22-7-1-5-19-6-2-8-24(25(19)22)43-30(34)35)36-15-23-28(26)38-31(42-18-32-11-3-13-41(32)14-4-12-32)39-29(23)40-16-20-9-10-21(17-40)37-20/h1-2,5-8,15,20-21,30,37H,3-4,9-14,16-18H2. The van der Waals surface area contributed by atoms with Crippen LogP contribution in [0.5, 0.6) is 11.8 Å². The van der Waals surface area contributed by atoms with Crippen LogP contribution in [0.25, 0.3) is 32.9 Å². The van der Waals surface area contributed by atoms with Crippen molar-refractivity contribution in [3.63, 3.8) is 0 Å². The third kappa shape index (κ3) is 4.64. The van der Waals surface area contributed by atoms with E-state index in [-0.39, 0.29) is 28.5 Å². The molecule has 8 rings (SSSR count). The molecule has 4 saturated heterocycles. The lowest BCUT2D eigenvalue weighted by Gasteiger charge is -2.34. The predicted molar refractivity (Wildman–Crippen MR) is 157 cm³/mol. The topological polar surface area (TPSA) is 75.6 Å². The van der Waals surface area contributed by atoms with Crippen molar-refractivity contribution in [3.05, 3.63) is 48.4 Å². The van der Waals surface area contributed by atoms with E-state index >= 15 is 4.39 Å². The molecule has 2 aromatic carbocycles. The quantitative estimate of drug-likeness (QED) is 0.301. The van der Waals surface area contributed by atoms with Crippen molar-refractivity contribution in [2.24, 2.45) is 0 Å². The van der Waals surface area contributed by atoms with Gasteiger partial charge in [0.25, 0.3) is 0 Å². The van der Waals surface area contributed by atoms with E-state index in [4.69, 9.17) is 14.5 Å². The van der Waals surface area contributed by atoms with Crippen LogP contribution < -0.4 is 19.7 Å². The highest BCUT2D eigenvalue weighted by atomic mass is 19.3. The average Bonchev–Trinajstić information content (AvgIpc) is 3.69. The summed E-state index contributed by atoms with van der Waals surface area (Å²) in [7, 11) is 0. The third-order valence-electron chi connectivity index (χ3n) is 9.78. The number of fused-ring (bicyclic) bond motifs is 5. The number of nitrogens with zero attached hydrogens (tertiary/aromatic N) is 5. The Labute approximate surface area is 247 Å². The molecule has 4 aliphatic heterocycles. The zero-order chi connectivity index (χ0) is 29.1. The number of halogens is 3. The zero-order valence-corrected chi connectivity index (χ0v) is 23.7. The van der Waals surface area contributed by atoms with Gasteiger partial charge in [0.2, 0.25) is 0 Å². The summed E-state index contributed by atoms with van der Waals surface area (Å²) in [6.07, 6.45) is 8.20. The Balaban J connectivity index is 1.25. The molecule has 0 aliphatic carbocycles. The maximum Gasteiger partial charge on any atom is 0.387 e. The summed E-state index contributed by atoms with van der Waals surface area (Å²) in [6.45, 7) is 1.09. The molecule has 43 heavy (non-hydrogen) atoms. The summed E-state index contributed by atoms with van der Waals surface area (Å²) < 4.78 is 54.5. The van der Waals surface area contributed by atoms with Crippen LogP contribution in [0.1, 0.15) is 38.5 Å². The second-order valence-corrected chi connectivity index (χ2v) is 12.3. The number of ether oxygens (including phenoxy) is 2. The third-order valence-corrected chi connectivity index (χ3v) is 9.78. The molecule has 1 N–H and O–H groups in total. The van der Waals surface area contributed by atoms with Crippen molar-refractivity contribution in [1.82, 2.24) is 25.2 Å². The summed E-state index contributed by atoms with van der Waals surface area (Å²) in [6, 6.07) is 10.9. The largest absolute Gasteiger partial charge is 0.461 e. The summed E-state index contributed by atoms with van der Waals surface area (Å²) in [4.78, 5) is 18.7. The van der Waals surface area contributed by atoms with E-state index in [1.807, 2.05) is 0 Å². The highest BCUT2D eigenvalue weighted by molar-refractivity contribution is 6.02. The van der Waals surface area contributed by atoms with Gasteiger partial charge in [-0.05, 0) is 63.1 Å². The van der Waals surface area contributed by atoms with Crippen molar-refractivity contribution >= 4 is 27.5 Å². The van der Waals surface area contributed by atoms with E-state index in [1.165, 1.54) is 6.07 Å². The lowest BCUT2D eigenvalue weighted by molar-refractivity contribution is -0.0487. The number of benzene rings is 2. The smallest absolute Gasteiger partial charge is 0.387 e. The summed E-state index contributed by atoms with van der Waals surface area (Å²) in [5, 5.41) is 5.14. The number of hydrogen-bond donors (Lipinski definition) is 1. The number of nitrogens with one attached hydrogen (secondary N) is 1. The van der Waals surface area contributed by atoms with Crippen LogP contribution in [0.15, 0.2) is 42.6 Å². The van der Waals surface area contributed by atoms with E-state index in [9.17, 15) is 8.78 Å². The first kappa shape index (κ1) is 26.9. The Hall–Kier alpha value is -3.70. The molecule has 4 fully saturated rings. The van der Waals surface area contributed by atoms with E-state index < -0.39 is 12.4 Å². The first-order chi connectivity index (χ1) is 21.0. The maximum absolute atomic E-state index is 16.7. The molecule has 6 heterocycles.